The van der Waals surface area contributed by atoms with Gasteiger partial charge >= 0.3 is 5.97 Å². The first kappa shape index (κ1) is 14.4. The SMILES string of the molecule is COC(=O)c1cncc(NCCCS(C)(=O)=O)n1. The number of esters is 1. The number of hydrogen-bond donors (Lipinski definition) is 1. The van der Waals surface area contributed by atoms with E-state index in [9.17, 15) is 13.2 Å². The van der Waals surface area contributed by atoms with Gasteiger partial charge in [-0.1, -0.05) is 0 Å². The van der Waals surface area contributed by atoms with Crippen LogP contribution in [0.4, 0.5) is 5.82 Å². The molecule has 0 aromatic carbocycles. The number of hydrogen-bond acceptors (Lipinski definition) is 7. The Hall–Kier alpha value is -1.70. The van der Waals surface area contributed by atoms with Crippen molar-refractivity contribution in [3.8, 4) is 0 Å². The number of sulfone groups is 1. The zero-order chi connectivity index (χ0) is 13.6. The average Bonchev–Trinajstić information content (AvgIpc) is 2.33. The Kier molecular flexibility index (Phi) is 5.02. The molecule has 1 rings (SSSR count). The molecule has 0 bridgehead atoms. The van der Waals surface area contributed by atoms with Crippen LogP contribution in [0, 0.1) is 0 Å². The molecule has 1 N–H and O–H groups in total. The number of carbonyl (C=O) groups excluding carboxylic acids is 1. The van der Waals surface area contributed by atoms with E-state index in [1.807, 2.05) is 0 Å². The van der Waals surface area contributed by atoms with Gasteiger partial charge in [-0.15, -0.1) is 0 Å². The van der Waals surface area contributed by atoms with Gasteiger partial charge in [-0.3, -0.25) is 4.98 Å². The summed E-state index contributed by atoms with van der Waals surface area (Å²) in [6, 6.07) is 0. The second kappa shape index (κ2) is 6.29. The molecule has 100 valence electrons. The number of aromatic nitrogens is 2. The number of anilines is 1. The molecule has 7 nitrogen and oxygen atoms in total. The van der Waals surface area contributed by atoms with Crippen molar-refractivity contribution >= 4 is 21.6 Å². The molecule has 0 spiro atoms. The lowest BCUT2D eigenvalue weighted by Crippen LogP contribution is -2.12. The first-order valence-corrected chi connectivity index (χ1v) is 7.30. The van der Waals surface area contributed by atoms with Gasteiger partial charge in [0.25, 0.3) is 0 Å². The van der Waals surface area contributed by atoms with Crippen LogP contribution in [0.2, 0.25) is 0 Å². The molecule has 0 aliphatic carbocycles. The average molecular weight is 273 g/mol. The third-order valence-electron chi connectivity index (χ3n) is 2.03. The molecule has 1 aromatic rings. The number of rotatable bonds is 6. The Morgan fingerprint density at radius 1 is 1.44 bits per heavy atom. The summed E-state index contributed by atoms with van der Waals surface area (Å²) in [5.74, 6) is -0.0573. The summed E-state index contributed by atoms with van der Waals surface area (Å²) in [6.07, 6.45) is 4.40. The van der Waals surface area contributed by atoms with Crippen molar-refractivity contribution in [1.29, 1.82) is 0 Å². The van der Waals surface area contributed by atoms with Crippen molar-refractivity contribution in [2.24, 2.45) is 0 Å². The molecular formula is C10H15N3O4S. The largest absolute Gasteiger partial charge is 0.464 e. The second-order valence-corrected chi connectivity index (χ2v) is 5.95. The lowest BCUT2D eigenvalue weighted by atomic mass is 10.4. The lowest BCUT2D eigenvalue weighted by Gasteiger charge is -2.05. The molecule has 0 fully saturated rings. The highest BCUT2D eigenvalue weighted by molar-refractivity contribution is 7.90. The molecule has 0 saturated carbocycles. The van der Waals surface area contributed by atoms with Crippen LogP contribution in [0.25, 0.3) is 0 Å². The van der Waals surface area contributed by atoms with E-state index in [2.05, 4.69) is 20.0 Å². The van der Waals surface area contributed by atoms with Crippen LogP contribution in [0.3, 0.4) is 0 Å². The van der Waals surface area contributed by atoms with Gasteiger partial charge in [-0.25, -0.2) is 18.2 Å². The third kappa shape index (κ3) is 5.09. The fourth-order valence-corrected chi connectivity index (χ4v) is 1.87. The predicted molar refractivity (Wildman–Crippen MR) is 66.2 cm³/mol. The molecule has 1 heterocycles. The molecule has 0 aliphatic heterocycles. The smallest absolute Gasteiger partial charge is 0.358 e. The van der Waals surface area contributed by atoms with Gasteiger partial charge in [0.05, 0.1) is 25.3 Å². The molecular weight excluding hydrogens is 258 g/mol. The summed E-state index contributed by atoms with van der Waals surface area (Å²) >= 11 is 0. The van der Waals surface area contributed by atoms with Crippen molar-refractivity contribution in [3.05, 3.63) is 18.1 Å². The fourth-order valence-electron chi connectivity index (χ4n) is 1.20. The zero-order valence-corrected chi connectivity index (χ0v) is 11.0. The Morgan fingerprint density at radius 3 is 2.78 bits per heavy atom. The van der Waals surface area contributed by atoms with Crippen LogP contribution in [0.5, 0.6) is 0 Å². The number of carbonyl (C=O) groups is 1. The number of methoxy groups -OCH3 is 1. The summed E-state index contributed by atoms with van der Waals surface area (Å²) in [6.45, 7) is 0.437. The summed E-state index contributed by atoms with van der Waals surface area (Å²) in [4.78, 5) is 19.0. The summed E-state index contributed by atoms with van der Waals surface area (Å²) in [5.41, 5.74) is 0.102. The van der Waals surface area contributed by atoms with Gasteiger partial charge in [0, 0.05) is 12.8 Å². The normalized spacial score (nSPS) is 11.0. The molecule has 0 aliphatic rings. The maximum atomic E-state index is 11.2. The highest BCUT2D eigenvalue weighted by Gasteiger charge is 2.08. The Bertz CT molecular complexity index is 516. The molecule has 18 heavy (non-hydrogen) atoms. The first-order chi connectivity index (χ1) is 8.42. The van der Waals surface area contributed by atoms with E-state index in [4.69, 9.17) is 0 Å². The molecule has 0 saturated heterocycles. The lowest BCUT2D eigenvalue weighted by molar-refractivity contribution is 0.0593. The van der Waals surface area contributed by atoms with E-state index in [0.29, 0.717) is 18.8 Å². The van der Waals surface area contributed by atoms with Crippen molar-refractivity contribution in [1.82, 2.24) is 9.97 Å². The van der Waals surface area contributed by atoms with Gasteiger partial charge in [0.1, 0.15) is 15.7 Å². The summed E-state index contributed by atoms with van der Waals surface area (Å²) in [7, 11) is -1.69. The molecule has 0 radical (unpaired) electrons. The maximum absolute atomic E-state index is 11.2. The monoisotopic (exact) mass is 273 g/mol. The van der Waals surface area contributed by atoms with E-state index in [-0.39, 0.29) is 11.4 Å². The van der Waals surface area contributed by atoms with Crippen molar-refractivity contribution < 1.29 is 17.9 Å². The molecule has 1 aromatic heterocycles. The zero-order valence-electron chi connectivity index (χ0n) is 10.2. The fraction of sp³-hybridized carbons (Fsp3) is 0.500. The quantitative estimate of drug-likeness (QED) is 0.580. The standard InChI is InChI=1S/C10H15N3O4S/c1-17-10(14)8-6-11-7-9(13-8)12-4-3-5-18(2,15)16/h6-7H,3-5H2,1-2H3,(H,12,13). The number of nitrogens with zero attached hydrogens (tertiary/aromatic N) is 2. The topological polar surface area (TPSA) is 98.2 Å². The van der Waals surface area contributed by atoms with Crippen LogP contribution in [0.1, 0.15) is 16.9 Å². The summed E-state index contributed by atoms with van der Waals surface area (Å²) in [5, 5.41) is 2.89. The Labute approximate surface area is 106 Å². The van der Waals surface area contributed by atoms with E-state index in [1.54, 1.807) is 0 Å². The van der Waals surface area contributed by atoms with Gasteiger partial charge in [0.15, 0.2) is 5.69 Å². The van der Waals surface area contributed by atoms with Crippen molar-refractivity contribution in [2.45, 2.75) is 6.42 Å². The van der Waals surface area contributed by atoms with E-state index in [0.717, 1.165) is 0 Å². The molecule has 0 amide bonds. The third-order valence-corrected chi connectivity index (χ3v) is 3.06. The minimum atomic E-state index is -2.95. The van der Waals surface area contributed by atoms with Crippen LogP contribution >= 0.6 is 0 Å². The minimum Gasteiger partial charge on any atom is -0.464 e. The highest BCUT2D eigenvalue weighted by Crippen LogP contribution is 2.03. The van der Waals surface area contributed by atoms with Crippen LogP contribution < -0.4 is 5.32 Å². The van der Waals surface area contributed by atoms with Gasteiger partial charge < -0.3 is 10.1 Å². The molecule has 0 unspecified atom stereocenters. The van der Waals surface area contributed by atoms with E-state index in [1.165, 1.54) is 25.8 Å². The van der Waals surface area contributed by atoms with Crippen molar-refractivity contribution in [3.63, 3.8) is 0 Å². The summed E-state index contributed by atoms with van der Waals surface area (Å²) < 4.78 is 26.3. The van der Waals surface area contributed by atoms with E-state index >= 15 is 0 Å². The van der Waals surface area contributed by atoms with Crippen molar-refractivity contribution in [2.75, 3.05) is 31.0 Å². The number of nitrogens with one attached hydrogen (secondary N) is 1. The Balaban J connectivity index is 2.50. The molecule has 0 atom stereocenters. The predicted octanol–water partition coefficient (Wildman–Crippen LogP) is 0.110. The van der Waals surface area contributed by atoms with Crippen LogP contribution in [-0.2, 0) is 14.6 Å². The van der Waals surface area contributed by atoms with Gasteiger partial charge in [-0.05, 0) is 6.42 Å². The maximum Gasteiger partial charge on any atom is 0.358 e. The van der Waals surface area contributed by atoms with E-state index < -0.39 is 15.8 Å². The minimum absolute atomic E-state index is 0.101. The van der Waals surface area contributed by atoms with Gasteiger partial charge in [-0.2, -0.15) is 0 Å². The second-order valence-electron chi connectivity index (χ2n) is 3.69. The number of ether oxygens (including phenoxy) is 1. The first-order valence-electron chi connectivity index (χ1n) is 5.24. The van der Waals surface area contributed by atoms with Gasteiger partial charge in [0.2, 0.25) is 0 Å². The highest BCUT2D eigenvalue weighted by atomic mass is 32.2. The molecule has 8 heteroatoms. The van der Waals surface area contributed by atoms with Crippen LogP contribution in [0.15, 0.2) is 12.4 Å². The Morgan fingerprint density at radius 2 is 2.17 bits per heavy atom. The van der Waals surface area contributed by atoms with Crippen LogP contribution in [-0.4, -0.2) is 50.0 Å².